The number of thioether (sulfide) groups is 1. The number of carbonyl (C=O) groups is 2. The molecule has 0 aromatic carbocycles. The van der Waals surface area contributed by atoms with Crippen LogP contribution in [-0.4, -0.2) is 41.8 Å². The van der Waals surface area contributed by atoms with Crippen LogP contribution in [0.4, 0.5) is 4.79 Å². The van der Waals surface area contributed by atoms with Gasteiger partial charge in [0.2, 0.25) is 0 Å². The lowest BCUT2D eigenvalue weighted by molar-refractivity contribution is -0.133. The number of aliphatic carboxylic acids is 1. The van der Waals surface area contributed by atoms with Crippen LogP contribution in [0.25, 0.3) is 0 Å². The van der Waals surface area contributed by atoms with Gasteiger partial charge in [0.05, 0.1) is 5.75 Å². The number of carboxylic acids is 1. The number of alkyl carbamates (subject to hydrolysis) is 1. The van der Waals surface area contributed by atoms with Crippen LogP contribution in [0.1, 0.15) is 0 Å². The van der Waals surface area contributed by atoms with Crippen LogP contribution in [0.2, 0.25) is 0 Å². The molecule has 0 atom stereocenters. The first kappa shape index (κ1) is 12.8. The van der Waals surface area contributed by atoms with E-state index in [2.05, 4.69) is 16.6 Å². The van der Waals surface area contributed by atoms with Crippen molar-refractivity contribution in [2.75, 3.05) is 24.7 Å². The Morgan fingerprint density at radius 2 is 2.29 bits per heavy atom. The van der Waals surface area contributed by atoms with Crippen LogP contribution >= 0.6 is 11.8 Å². The number of carbonyl (C=O) groups excluding carboxylic acids is 1. The van der Waals surface area contributed by atoms with Crippen molar-refractivity contribution in [2.24, 2.45) is 0 Å². The first-order valence-electron chi connectivity index (χ1n) is 3.98. The molecule has 0 fully saturated rings. The highest BCUT2D eigenvalue weighted by molar-refractivity contribution is 7.99. The number of rotatable bonds is 7. The quantitative estimate of drug-likeness (QED) is 0.487. The monoisotopic (exact) mass is 219 g/mol. The Bertz CT molecular complexity index is 208. The standard InChI is InChI=1S/C8H13NO4S/c1-2-4-13-8(12)9-3-5-14-6-7(10)11/h2H,1,3-6H2,(H,9,12)(H,10,11). The molecular weight excluding hydrogens is 206 g/mol. The molecule has 0 radical (unpaired) electrons. The third kappa shape index (κ3) is 8.92. The van der Waals surface area contributed by atoms with E-state index in [1.807, 2.05) is 0 Å². The first-order chi connectivity index (χ1) is 6.66. The Balaban J connectivity index is 3.22. The second-order valence-corrected chi connectivity index (χ2v) is 3.37. The average molecular weight is 219 g/mol. The summed E-state index contributed by atoms with van der Waals surface area (Å²) in [4.78, 5) is 20.9. The zero-order valence-electron chi connectivity index (χ0n) is 7.69. The van der Waals surface area contributed by atoms with Gasteiger partial charge in [-0.2, -0.15) is 0 Å². The van der Waals surface area contributed by atoms with Crippen LogP contribution in [-0.2, 0) is 9.53 Å². The number of amides is 1. The second kappa shape index (κ2) is 8.43. The molecule has 1 amide bonds. The highest BCUT2D eigenvalue weighted by Gasteiger charge is 2.00. The molecule has 0 aliphatic heterocycles. The smallest absolute Gasteiger partial charge is 0.407 e. The van der Waals surface area contributed by atoms with Crippen LogP contribution in [0.3, 0.4) is 0 Å². The minimum absolute atomic E-state index is 0.0450. The van der Waals surface area contributed by atoms with E-state index in [0.29, 0.717) is 12.3 Å². The summed E-state index contributed by atoms with van der Waals surface area (Å²) in [5.41, 5.74) is 0. The number of hydrogen-bond acceptors (Lipinski definition) is 4. The van der Waals surface area contributed by atoms with Crippen LogP contribution in [0.15, 0.2) is 12.7 Å². The van der Waals surface area contributed by atoms with Gasteiger partial charge in [-0.25, -0.2) is 4.79 Å². The Hall–Kier alpha value is -1.17. The second-order valence-electron chi connectivity index (χ2n) is 2.26. The van der Waals surface area contributed by atoms with Gasteiger partial charge in [0.1, 0.15) is 6.61 Å². The molecule has 0 aliphatic carbocycles. The predicted molar refractivity (Wildman–Crippen MR) is 54.5 cm³/mol. The molecule has 0 bridgehead atoms. The van der Waals surface area contributed by atoms with Crippen LogP contribution < -0.4 is 5.32 Å². The van der Waals surface area contributed by atoms with E-state index in [1.165, 1.54) is 17.8 Å². The molecule has 5 nitrogen and oxygen atoms in total. The third-order valence-electron chi connectivity index (χ3n) is 1.07. The Kier molecular flexibility index (Phi) is 7.72. The molecular formula is C8H13NO4S. The maximum absolute atomic E-state index is 10.8. The summed E-state index contributed by atoms with van der Waals surface area (Å²) < 4.78 is 4.63. The summed E-state index contributed by atoms with van der Waals surface area (Å²) in [5.74, 6) is -0.261. The molecule has 0 saturated carbocycles. The first-order valence-corrected chi connectivity index (χ1v) is 5.13. The van der Waals surface area contributed by atoms with E-state index in [0.717, 1.165) is 0 Å². The Morgan fingerprint density at radius 1 is 1.57 bits per heavy atom. The average Bonchev–Trinajstić information content (AvgIpc) is 2.13. The van der Waals surface area contributed by atoms with Gasteiger partial charge in [-0.05, 0) is 0 Å². The summed E-state index contributed by atoms with van der Waals surface area (Å²) in [6.45, 7) is 3.96. The maximum atomic E-state index is 10.8. The minimum atomic E-state index is -0.857. The number of ether oxygens (including phenoxy) is 1. The van der Waals surface area contributed by atoms with E-state index in [1.54, 1.807) is 0 Å². The lowest BCUT2D eigenvalue weighted by Crippen LogP contribution is -2.26. The van der Waals surface area contributed by atoms with Gasteiger partial charge < -0.3 is 15.2 Å². The number of hydrogen-bond donors (Lipinski definition) is 2. The fourth-order valence-electron chi connectivity index (χ4n) is 0.570. The molecule has 2 N–H and O–H groups in total. The fraction of sp³-hybridized carbons (Fsp3) is 0.500. The molecule has 6 heteroatoms. The van der Waals surface area contributed by atoms with Crippen LogP contribution in [0.5, 0.6) is 0 Å². The molecule has 0 aromatic rings. The summed E-state index contributed by atoms with van der Waals surface area (Å²) in [5, 5.41) is 10.8. The molecule has 80 valence electrons. The number of carboxylic acid groups (broad SMARTS) is 1. The lowest BCUT2D eigenvalue weighted by atomic mass is 10.7. The normalized spacial score (nSPS) is 9.14. The zero-order valence-corrected chi connectivity index (χ0v) is 8.51. The van der Waals surface area contributed by atoms with Gasteiger partial charge in [0, 0.05) is 12.3 Å². The lowest BCUT2D eigenvalue weighted by Gasteiger charge is -2.03. The highest BCUT2D eigenvalue weighted by atomic mass is 32.2. The highest BCUT2D eigenvalue weighted by Crippen LogP contribution is 1.96. The molecule has 0 spiro atoms. The van der Waals surface area contributed by atoms with E-state index >= 15 is 0 Å². The molecule has 0 unspecified atom stereocenters. The number of nitrogens with one attached hydrogen (secondary N) is 1. The van der Waals surface area contributed by atoms with Gasteiger partial charge in [0.25, 0.3) is 0 Å². The molecule has 0 rings (SSSR count). The van der Waals surface area contributed by atoms with Crippen molar-refractivity contribution < 1.29 is 19.4 Å². The molecule has 14 heavy (non-hydrogen) atoms. The van der Waals surface area contributed by atoms with E-state index < -0.39 is 12.1 Å². The molecule has 0 saturated heterocycles. The van der Waals surface area contributed by atoms with Crippen molar-refractivity contribution >= 4 is 23.8 Å². The van der Waals surface area contributed by atoms with E-state index in [4.69, 9.17) is 5.11 Å². The topological polar surface area (TPSA) is 75.6 Å². The predicted octanol–water partition coefficient (Wildman–Crippen LogP) is 0.716. The Morgan fingerprint density at radius 3 is 2.86 bits per heavy atom. The van der Waals surface area contributed by atoms with E-state index in [-0.39, 0.29) is 12.4 Å². The Labute approximate surface area is 86.5 Å². The third-order valence-corrected chi connectivity index (χ3v) is 2.02. The van der Waals surface area contributed by atoms with Gasteiger partial charge >= 0.3 is 12.1 Å². The van der Waals surface area contributed by atoms with Gasteiger partial charge in [-0.1, -0.05) is 12.7 Å². The molecule has 0 aromatic heterocycles. The molecule has 0 aliphatic rings. The SMILES string of the molecule is C=CCOC(=O)NCCSCC(=O)O. The van der Waals surface area contributed by atoms with Crippen molar-refractivity contribution in [2.45, 2.75) is 0 Å². The van der Waals surface area contributed by atoms with Crippen molar-refractivity contribution in [3.8, 4) is 0 Å². The summed E-state index contributed by atoms with van der Waals surface area (Å²) in [6, 6.07) is 0. The van der Waals surface area contributed by atoms with Crippen molar-refractivity contribution in [3.05, 3.63) is 12.7 Å². The van der Waals surface area contributed by atoms with Crippen molar-refractivity contribution in [1.29, 1.82) is 0 Å². The minimum Gasteiger partial charge on any atom is -0.481 e. The fourth-order valence-corrected chi connectivity index (χ4v) is 1.14. The van der Waals surface area contributed by atoms with Crippen LogP contribution in [0, 0.1) is 0 Å². The zero-order chi connectivity index (χ0) is 10.8. The van der Waals surface area contributed by atoms with Crippen molar-refractivity contribution in [3.63, 3.8) is 0 Å². The van der Waals surface area contributed by atoms with Crippen molar-refractivity contribution in [1.82, 2.24) is 5.32 Å². The largest absolute Gasteiger partial charge is 0.481 e. The van der Waals surface area contributed by atoms with Gasteiger partial charge in [-0.15, -0.1) is 11.8 Å². The maximum Gasteiger partial charge on any atom is 0.407 e. The molecule has 0 heterocycles. The van der Waals surface area contributed by atoms with E-state index in [9.17, 15) is 9.59 Å². The summed E-state index contributed by atoms with van der Waals surface area (Å²) in [6.07, 6.45) is 0.958. The van der Waals surface area contributed by atoms with Gasteiger partial charge in [-0.3, -0.25) is 4.79 Å². The summed E-state index contributed by atoms with van der Waals surface area (Å²) in [7, 11) is 0. The van der Waals surface area contributed by atoms with Gasteiger partial charge in [0.15, 0.2) is 0 Å². The summed E-state index contributed by atoms with van der Waals surface area (Å²) >= 11 is 1.24.